The van der Waals surface area contributed by atoms with Crippen molar-refractivity contribution in [2.24, 2.45) is 0 Å². The summed E-state index contributed by atoms with van der Waals surface area (Å²) in [5.74, 6) is 0. The highest BCUT2D eigenvalue weighted by Crippen LogP contribution is 2.30. The molecule has 0 bridgehead atoms. The van der Waals surface area contributed by atoms with E-state index in [1.165, 1.54) is 11.3 Å². The maximum atomic E-state index is 9.83. The van der Waals surface area contributed by atoms with Gasteiger partial charge < -0.3 is 5.11 Å². The number of hydrogen-bond acceptors (Lipinski definition) is 4. The van der Waals surface area contributed by atoms with Gasteiger partial charge in [-0.05, 0) is 15.9 Å². The van der Waals surface area contributed by atoms with Crippen LogP contribution >= 0.6 is 27.3 Å². The fraction of sp³-hybridized carbons (Fsp3) is 0.143. The maximum absolute atomic E-state index is 9.83. The average molecular weight is 260 g/mol. The van der Waals surface area contributed by atoms with Crippen molar-refractivity contribution in [2.45, 2.75) is 6.10 Å². The Labute approximate surface area is 86.8 Å². The number of halogens is 1. The van der Waals surface area contributed by atoms with Crippen molar-refractivity contribution in [3.05, 3.63) is 32.9 Å². The van der Waals surface area contributed by atoms with Crippen LogP contribution in [0.1, 0.15) is 16.5 Å². The molecule has 2 aromatic rings. The van der Waals surface area contributed by atoms with E-state index in [9.17, 15) is 5.11 Å². The first-order valence-electron chi connectivity index (χ1n) is 3.54. The van der Waals surface area contributed by atoms with E-state index in [0.29, 0.717) is 4.60 Å². The van der Waals surface area contributed by atoms with Gasteiger partial charge in [0.15, 0.2) is 0 Å². The minimum Gasteiger partial charge on any atom is -0.383 e. The Morgan fingerprint density at radius 3 is 3.00 bits per heavy atom. The Balaban J connectivity index is 2.33. The number of H-pyrrole nitrogens is 1. The largest absolute Gasteiger partial charge is 0.383 e. The molecule has 2 aromatic heterocycles. The van der Waals surface area contributed by atoms with Crippen LogP contribution in [0.3, 0.4) is 0 Å². The molecule has 0 radical (unpaired) electrons. The lowest BCUT2D eigenvalue weighted by atomic mass is 10.2. The maximum Gasteiger partial charge on any atom is 0.123 e. The smallest absolute Gasteiger partial charge is 0.123 e. The summed E-state index contributed by atoms with van der Waals surface area (Å²) in [5.41, 5.74) is 2.42. The van der Waals surface area contributed by atoms with Gasteiger partial charge in [0.25, 0.3) is 0 Å². The van der Waals surface area contributed by atoms with Crippen LogP contribution in [0.4, 0.5) is 0 Å². The second-order valence-electron chi connectivity index (χ2n) is 2.44. The van der Waals surface area contributed by atoms with Gasteiger partial charge in [-0.15, -0.1) is 11.3 Å². The van der Waals surface area contributed by atoms with Crippen molar-refractivity contribution in [3.8, 4) is 0 Å². The van der Waals surface area contributed by atoms with Crippen LogP contribution in [-0.4, -0.2) is 20.3 Å². The zero-order valence-electron chi connectivity index (χ0n) is 6.44. The monoisotopic (exact) mass is 259 g/mol. The summed E-state index contributed by atoms with van der Waals surface area (Å²) in [7, 11) is 0. The lowest BCUT2D eigenvalue weighted by Crippen LogP contribution is -1.95. The van der Waals surface area contributed by atoms with Crippen molar-refractivity contribution in [2.75, 3.05) is 0 Å². The van der Waals surface area contributed by atoms with E-state index in [4.69, 9.17) is 0 Å². The molecule has 0 fully saturated rings. The number of aromatic nitrogens is 3. The van der Waals surface area contributed by atoms with Gasteiger partial charge in [0, 0.05) is 11.8 Å². The third-order valence-corrected chi connectivity index (χ3v) is 3.41. The molecule has 0 aromatic carbocycles. The Hall–Kier alpha value is -0.720. The predicted molar refractivity (Wildman–Crippen MR) is 52.5 cm³/mol. The number of aliphatic hydroxyl groups excluding tert-OH is 1. The number of aromatic amines is 1. The summed E-state index contributed by atoms with van der Waals surface area (Å²) in [6.07, 6.45) is 2.61. The van der Waals surface area contributed by atoms with E-state index >= 15 is 0 Å². The predicted octanol–water partition coefficient (Wildman–Crippen LogP) is 1.71. The molecule has 2 N–H and O–H groups in total. The molecule has 0 aliphatic heterocycles. The first-order valence-corrected chi connectivity index (χ1v) is 5.22. The second kappa shape index (κ2) is 3.57. The highest BCUT2D eigenvalue weighted by molar-refractivity contribution is 9.10. The lowest BCUT2D eigenvalue weighted by Gasteiger charge is -2.04. The molecule has 1 unspecified atom stereocenters. The van der Waals surface area contributed by atoms with Crippen LogP contribution in [0.15, 0.2) is 22.5 Å². The van der Waals surface area contributed by atoms with Crippen molar-refractivity contribution in [3.63, 3.8) is 0 Å². The van der Waals surface area contributed by atoms with Crippen molar-refractivity contribution in [1.82, 2.24) is 15.2 Å². The summed E-state index contributed by atoms with van der Waals surface area (Å²) in [4.78, 5) is 4.79. The van der Waals surface area contributed by atoms with E-state index in [-0.39, 0.29) is 0 Å². The zero-order chi connectivity index (χ0) is 9.26. The summed E-state index contributed by atoms with van der Waals surface area (Å²) in [6, 6.07) is 0. The van der Waals surface area contributed by atoms with Crippen LogP contribution in [0.2, 0.25) is 0 Å². The molecule has 0 aliphatic rings. The Morgan fingerprint density at radius 1 is 1.62 bits per heavy atom. The number of thiazole rings is 1. The van der Waals surface area contributed by atoms with Crippen molar-refractivity contribution in [1.29, 1.82) is 0 Å². The SMILES string of the molecule is OC(c1cn[nH]c1)c1scnc1Br. The van der Waals surface area contributed by atoms with Gasteiger partial charge in [-0.3, -0.25) is 5.10 Å². The molecule has 0 saturated carbocycles. The summed E-state index contributed by atoms with van der Waals surface area (Å²) >= 11 is 4.67. The number of nitrogens with one attached hydrogen (secondary N) is 1. The average Bonchev–Trinajstić information content (AvgIpc) is 2.72. The van der Waals surface area contributed by atoms with Crippen LogP contribution in [-0.2, 0) is 0 Å². The lowest BCUT2D eigenvalue weighted by molar-refractivity contribution is 0.223. The van der Waals surface area contributed by atoms with E-state index in [2.05, 4.69) is 31.1 Å². The number of aliphatic hydroxyl groups is 1. The number of nitrogens with zero attached hydrogens (tertiary/aromatic N) is 2. The number of rotatable bonds is 2. The van der Waals surface area contributed by atoms with Gasteiger partial charge in [0.1, 0.15) is 10.7 Å². The van der Waals surface area contributed by atoms with Gasteiger partial charge in [-0.25, -0.2) is 4.98 Å². The van der Waals surface area contributed by atoms with E-state index in [0.717, 1.165) is 10.4 Å². The third-order valence-electron chi connectivity index (χ3n) is 1.63. The molecule has 6 heteroatoms. The number of hydrogen-bond donors (Lipinski definition) is 2. The Bertz CT molecular complexity index is 386. The summed E-state index contributed by atoms with van der Waals surface area (Å²) in [5, 5.41) is 16.2. The fourth-order valence-corrected chi connectivity index (χ4v) is 2.40. The van der Waals surface area contributed by atoms with Crippen LogP contribution in [0.25, 0.3) is 0 Å². The highest BCUT2D eigenvalue weighted by Gasteiger charge is 2.16. The van der Waals surface area contributed by atoms with Gasteiger partial charge in [0.2, 0.25) is 0 Å². The van der Waals surface area contributed by atoms with Gasteiger partial charge in [-0.2, -0.15) is 5.10 Å². The molecule has 0 spiro atoms. The molecular formula is C7H6BrN3OS. The minimum atomic E-state index is -0.652. The molecule has 2 rings (SSSR count). The van der Waals surface area contributed by atoms with Crippen LogP contribution in [0.5, 0.6) is 0 Å². The molecule has 1 atom stereocenters. The first kappa shape index (κ1) is 8.86. The van der Waals surface area contributed by atoms with Gasteiger partial charge in [-0.1, -0.05) is 0 Å². The minimum absolute atomic E-state index is 0.652. The molecule has 0 amide bonds. The second-order valence-corrected chi connectivity index (χ2v) is 4.08. The molecule has 2 heterocycles. The Kier molecular flexibility index (Phi) is 2.43. The van der Waals surface area contributed by atoms with Gasteiger partial charge >= 0.3 is 0 Å². The quantitative estimate of drug-likeness (QED) is 0.864. The van der Waals surface area contributed by atoms with E-state index < -0.39 is 6.10 Å². The van der Waals surface area contributed by atoms with Crippen LogP contribution < -0.4 is 0 Å². The highest BCUT2D eigenvalue weighted by atomic mass is 79.9. The molecule has 68 valence electrons. The molecule has 4 nitrogen and oxygen atoms in total. The van der Waals surface area contributed by atoms with Gasteiger partial charge in [0.05, 0.1) is 16.6 Å². The van der Waals surface area contributed by atoms with E-state index in [1.54, 1.807) is 17.9 Å². The summed E-state index contributed by atoms with van der Waals surface area (Å²) in [6.45, 7) is 0. The third kappa shape index (κ3) is 1.65. The normalized spacial score (nSPS) is 13.1. The molecular weight excluding hydrogens is 254 g/mol. The Morgan fingerprint density at radius 2 is 2.46 bits per heavy atom. The molecule has 13 heavy (non-hydrogen) atoms. The molecule has 0 saturated heterocycles. The molecule has 0 aliphatic carbocycles. The topological polar surface area (TPSA) is 61.8 Å². The standard InChI is InChI=1S/C7H6BrN3OS/c8-7-6(13-3-9-7)5(12)4-1-10-11-2-4/h1-3,5,12H,(H,10,11). The van der Waals surface area contributed by atoms with Crippen molar-refractivity contribution < 1.29 is 5.11 Å². The van der Waals surface area contributed by atoms with Crippen molar-refractivity contribution >= 4 is 27.3 Å². The summed E-state index contributed by atoms with van der Waals surface area (Å²) < 4.78 is 0.686. The first-order chi connectivity index (χ1) is 6.29. The van der Waals surface area contributed by atoms with E-state index in [1.807, 2.05) is 0 Å². The zero-order valence-corrected chi connectivity index (χ0v) is 8.84. The fourth-order valence-electron chi connectivity index (χ4n) is 0.981. The van der Waals surface area contributed by atoms with Crippen LogP contribution in [0, 0.1) is 0 Å².